The average Bonchev–Trinajstić information content (AvgIpc) is 2.34. The van der Waals surface area contributed by atoms with Gasteiger partial charge in [-0.1, -0.05) is 47.6 Å². The summed E-state index contributed by atoms with van der Waals surface area (Å²) < 4.78 is 33.6. The normalized spacial score (nSPS) is 23.5. The Labute approximate surface area is 132 Å². The quantitative estimate of drug-likeness (QED) is 0.473. The van der Waals surface area contributed by atoms with E-state index in [9.17, 15) is 23.1 Å². The molecular weight excluding hydrogens is 306 g/mol. The molecule has 0 radical (unpaired) electrons. The van der Waals surface area contributed by atoms with Crippen LogP contribution >= 0.6 is 0 Å². The second kappa shape index (κ2) is 6.50. The van der Waals surface area contributed by atoms with Crippen LogP contribution < -0.4 is 0 Å². The molecule has 7 heteroatoms. The number of nitro groups is 1. The van der Waals surface area contributed by atoms with Crippen molar-refractivity contribution in [2.24, 2.45) is 23.7 Å². The third kappa shape index (κ3) is 3.57. The zero-order valence-corrected chi connectivity index (χ0v) is 14.7. The lowest BCUT2D eigenvalue weighted by Gasteiger charge is -2.34. The Balaban J connectivity index is 3.79. The lowest BCUT2D eigenvalue weighted by Crippen LogP contribution is -2.40. The molecular formula is C15H25NO5S. The molecule has 0 spiro atoms. The molecule has 126 valence electrons. The molecule has 6 nitrogen and oxygen atoms in total. The van der Waals surface area contributed by atoms with E-state index in [0.717, 1.165) is 0 Å². The summed E-state index contributed by atoms with van der Waals surface area (Å²) in [6.45, 7) is 10.8. The van der Waals surface area contributed by atoms with Crippen LogP contribution in [0.3, 0.4) is 0 Å². The molecule has 0 aromatic carbocycles. The zero-order valence-electron chi connectivity index (χ0n) is 13.9. The van der Waals surface area contributed by atoms with Gasteiger partial charge in [0.25, 0.3) is 15.8 Å². The first-order chi connectivity index (χ1) is 9.89. The minimum Gasteiger partial charge on any atom is -0.285 e. The molecule has 0 saturated heterocycles. The second-order valence-electron chi connectivity index (χ2n) is 6.75. The fourth-order valence-electron chi connectivity index (χ4n) is 3.06. The van der Waals surface area contributed by atoms with Gasteiger partial charge in [-0.3, -0.25) is 14.7 Å². The minimum absolute atomic E-state index is 0.0669. The first kappa shape index (κ1) is 18.8. The van der Waals surface area contributed by atoms with Crippen molar-refractivity contribution < 1.29 is 17.9 Å². The molecule has 1 aliphatic carbocycles. The largest absolute Gasteiger partial charge is 0.285 e. The molecule has 0 saturated carbocycles. The molecule has 0 amide bonds. The molecule has 1 N–H and O–H groups in total. The Bertz CT molecular complexity index is 614. The summed E-state index contributed by atoms with van der Waals surface area (Å²) in [5, 5.41) is 10.3. The minimum atomic E-state index is -4.44. The van der Waals surface area contributed by atoms with Crippen LogP contribution in [-0.2, 0) is 10.1 Å². The first-order valence-corrected chi connectivity index (χ1v) is 8.96. The lowest BCUT2D eigenvalue weighted by atomic mass is 9.75. The smallest absolute Gasteiger partial charge is 0.273 e. The van der Waals surface area contributed by atoms with E-state index in [-0.39, 0.29) is 29.0 Å². The summed E-state index contributed by atoms with van der Waals surface area (Å²) in [6, 6.07) is 0. The Morgan fingerprint density at radius 2 is 1.64 bits per heavy atom. The third-order valence-electron chi connectivity index (χ3n) is 4.09. The van der Waals surface area contributed by atoms with E-state index in [1.807, 2.05) is 27.7 Å². The molecule has 2 unspecified atom stereocenters. The van der Waals surface area contributed by atoms with Crippen molar-refractivity contribution in [1.82, 2.24) is 0 Å². The highest BCUT2D eigenvalue weighted by molar-refractivity contribution is 7.86. The highest BCUT2D eigenvalue weighted by Crippen LogP contribution is 2.42. The van der Waals surface area contributed by atoms with Crippen LogP contribution in [-0.4, -0.2) is 23.1 Å². The van der Waals surface area contributed by atoms with Gasteiger partial charge in [-0.25, -0.2) is 0 Å². The van der Waals surface area contributed by atoms with Gasteiger partial charge in [-0.05, 0) is 17.8 Å². The maximum atomic E-state index is 11.9. The molecule has 0 aromatic heterocycles. The van der Waals surface area contributed by atoms with E-state index < -0.39 is 26.2 Å². The van der Waals surface area contributed by atoms with Crippen molar-refractivity contribution in [3.05, 3.63) is 33.0 Å². The van der Waals surface area contributed by atoms with E-state index in [0.29, 0.717) is 5.57 Å². The van der Waals surface area contributed by atoms with Crippen molar-refractivity contribution in [3.63, 3.8) is 0 Å². The molecule has 0 heterocycles. The molecule has 1 rings (SSSR count). The predicted octanol–water partition coefficient (Wildman–Crippen LogP) is 3.30. The molecule has 0 fully saturated rings. The standard InChI is InChI=1S/C15H25NO5S/c1-8(2)11-7-12(9(3)4)15(22(19,20)21)13(10(5)6)14(11)16(17)18/h7-10,12,15H,1-6H3,(H,19,20,21). The maximum absolute atomic E-state index is 11.9. The van der Waals surface area contributed by atoms with Gasteiger partial charge in [0.2, 0.25) is 0 Å². The Morgan fingerprint density at radius 1 is 1.14 bits per heavy atom. The summed E-state index contributed by atoms with van der Waals surface area (Å²) in [4.78, 5) is 11.0. The second-order valence-corrected chi connectivity index (χ2v) is 8.29. The van der Waals surface area contributed by atoms with Gasteiger partial charge in [0.1, 0.15) is 5.25 Å². The van der Waals surface area contributed by atoms with Crippen molar-refractivity contribution in [3.8, 4) is 0 Å². The zero-order chi connectivity index (χ0) is 17.4. The number of nitrogens with zero attached hydrogens (tertiary/aromatic N) is 1. The van der Waals surface area contributed by atoms with E-state index in [1.165, 1.54) is 0 Å². The number of allylic oxidation sites excluding steroid dienone is 2. The molecule has 0 bridgehead atoms. The Morgan fingerprint density at radius 3 is 1.91 bits per heavy atom. The number of hydrogen-bond donors (Lipinski definition) is 1. The van der Waals surface area contributed by atoms with Crippen molar-refractivity contribution in [2.75, 3.05) is 0 Å². The summed E-state index contributed by atoms with van der Waals surface area (Å²) >= 11 is 0. The predicted molar refractivity (Wildman–Crippen MR) is 85.4 cm³/mol. The van der Waals surface area contributed by atoms with Crippen molar-refractivity contribution in [2.45, 2.75) is 46.8 Å². The molecule has 22 heavy (non-hydrogen) atoms. The Hall–Kier alpha value is -1.21. The van der Waals surface area contributed by atoms with E-state index in [4.69, 9.17) is 0 Å². The highest BCUT2D eigenvalue weighted by atomic mass is 32.2. The van der Waals surface area contributed by atoms with Crippen molar-refractivity contribution >= 4 is 10.1 Å². The van der Waals surface area contributed by atoms with Gasteiger partial charge in [-0.2, -0.15) is 8.42 Å². The third-order valence-corrected chi connectivity index (χ3v) is 5.30. The summed E-state index contributed by atoms with van der Waals surface area (Å²) in [7, 11) is -4.44. The Kier molecular flexibility index (Phi) is 5.56. The maximum Gasteiger partial charge on any atom is 0.273 e. The van der Waals surface area contributed by atoms with Gasteiger partial charge in [0.05, 0.1) is 4.92 Å². The SMILES string of the molecule is CC(C)C1=CC(C(C)C)C(S(=O)(=O)O)C(C(C)C)=C1[N+](=O)[O-]. The van der Waals surface area contributed by atoms with Crippen LogP contribution in [0.15, 0.2) is 22.9 Å². The average molecular weight is 331 g/mol. The molecule has 0 aromatic rings. The molecule has 2 atom stereocenters. The van der Waals surface area contributed by atoms with Gasteiger partial charge in [0, 0.05) is 17.1 Å². The summed E-state index contributed by atoms with van der Waals surface area (Å²) in [5.74, 6) is -0.995. The monoisotopic (exact) mass is 331 g/mol. The molecule has 0 aliphatic heterocycles. The summed E-state index contributed by atoms with van der Waals surface area (Å²) in [6.07, 6.45) is 1.66. The fourth-order valence-corrected chi connectivity index (χ4v) is 4.56. The van der Waals surface area contributed by atoms with E-state index in [1.54, 1.807) is 19.9 Å². The van der Waals surface area contributed by atoms with Crippen LogP contribution in [0.5, 0.6) is 0 Å². The fraction of sp³-hybridized carbons (Fsp3) is 0.733. The number of hydrogen-bond acceptors (Lipinski definition) is 4. The van der Waals surface area contributed by atoms with E-state index >= 15 is 0 Å². The lowest BCUT2D eigenvalue weighted by molar-refractivity contribution is -0.423. The van der Waals surface area contributed by atoms with Gasteiger partial charge < -0.3 is 0 Å². The molecule has 1 aliphatic rings. The van der Waals surface area contributed by atoms with Crippen LogP contribution in [0.2, 0.25) is 0 Å². The first-order valence-electron chi connectivity index (χ1n) is 7.46. The van der Waals surface area contributed by atoms with Crippen LogP contribution in [0, 0.1) is 33.8 Å². The highest BCUT2D eigenvalue weighted by Gasteiger charge is 2.46. The van der Waals surface area contributed by atoms with Gasteiger partial charge in [0.15, 0.2) is 0 Å². The summed E-state index contributed by atoms with van der Waals surface area (Å²) in [5.41, 5.74) is 0.606. The topological polar surface area (TPSA) is 97.5 Å². The van der Waals surface area contributed by atoms with Crippen LogP contribution in [0.25, 0.3) is 0 Å². The van der Waals surface area contributed by atoms with Gasteiger partial charge >= 0.3 is 0 Å². The van der Waals surface area contributed by atoms with Gasteiger partial charge in [-0.15, -0.1) is 0 Å². The van der Waals surface area contributed by atoms with Crippen LogP contribution in [0.1, 0.15) is 41.5 Å². The van der Waals surface area contributed by atoms with Crippen molar-refractivity contribution in [1.29, 1.82) is 0 Å². The number of rotatable bonds is 5. The van der Waals surface area contributed by atoms with E-state index in [2.05, 4.69) is 0 Å². The van der Waals surface area contributed by atoms with Crippen LogP contribution in [0.4, 0.5) is 0 Å².